The van der Waals surface area contributed by atoms with Crippen molar-refractivity contribution in [2.75, 3.05) is 0 Å². The van der Waals surface area contributed by atoms with Crippen molar-refractivity contribution in [2.24, 2.45) is 0 Å². The molecule has 4 rings (SSSR count). The molecule has 0 spiro atoms. The number of aromatic nitrogens is 7. The van der Waals surface area contributed by atoms with Crippen LogP contribution < -0.4 is 5.69 Å². The molecule has 0 atom stereocenters. The molecule has 2 aromatic heterocycles. The molecule has 0 unspecified atom stereocenters. The van der Waals surface area contributed by atoms with E-state index in [0.29, 0.717) is 18.9 Å². The Morgan fingerprint density at radius 3 is 2.28 bits per heavy atom. The molecule has 36 heavy (non-hydrogen) atoms. The Morgan fingerprint density at radius 2 is 1.56 bits per heavy atom. The van der Waals surface area contributed by atoms with Gasteiger partial charge >= 0.3 is 5.69 Å². The zero-order valence-corrected chi connectivity index (χ0v) is 21.5. The molecule has 0 bridgehead atoms. The summed E-state index contributed by atoms with van der Waals surface area (Å²) in [6, 6.07) is 16.4. The highest BCUT2D eigenvalue weighted by molar-refractivity contribution is 5.80. The highest BCUT2D eigenvalue weighted by Gasteiger charge is 2.15. The van der Waals surface area contributed by atoms with Crippen molar-refractivity contribution in [1.82, 2.24) is 35.0 Å². The molecule has 0 fully saturated rings. The van der Waals surface area contributed by atoms with Gasteiger partial charge in [0.05, 0.1) is 6.54 Å². The third-order valence-corrected chi connectivity index (χ3v) is 6.60. The molecule has 0 aliphatic carbocycles. The fourth-order valence-corrected chi connectivity index (χ4v) is 4.55. The van der Waals surface area contributed by atoms with Crippen LogP contribution in [0.4, 0.5) is 0 Å². The van der Waals surface area contributed by atoms with E-state index in [0.717, 1.165) is 66.6 Å². The van der Waals surface area contributed by atoms with Gasteiger partial charge in [-0.05, 0) is 34.7 Å². The molecule has 2 aromatic carbocycles. The minimum absolute atomic E-state index is 0.00326. The number of H-pyrrole nitrogens is 1. The maximum Gasteiger partial charge on any atom is 0.346 e. The van der Waals surface area contributed by atoms with E-state index in [9.17, 15) is 4.79 Å². The zero-order chi connectivity index (χ0) is 25.2. The van der Waals surface area contributed by atoms with Gasteiger partial charge in [0, 0.05) is 18.5 Å². The summed E-state index contributed by atoms with van der Waals surface area (Å²) in [7, 11) is 0. The highest BCUT2D eigenvalue weighted by Crippen LogP contribution is 2.29. The zero-order valence-electron chi connectivity index (χ0n) is 21.5. The van der Waals surface area contributed by atoms with Crippen molar-refractivity contribution in [3.63, 3.8) is 0 Å². The fourth-order valence-electron chi connectivity index (χ4n) is 4.55. The molecule has 8 heteroatoms. The van der Waals surface area contributed by atoms with Gasteiger partial charge in [-0.25, -0.2) is 9.48 Å². The molecule has 0 amide bonds. The maximum atomic E-state index is 13.3. The summed E-state index contributed by atoms with van der Waals surface area (Å²) in [6.07, 6.45) is 10.0. The smallest absolute Gasteiger partial charge is 0.274 e. The first kappa shape index (κ1) is 25.5. The summed E-state index contributed by atoms with van der Waals surface area (Å²) in [6.45, 7) is 5.64. The molecule has 0 aliphatic heterocycles. The van der Waals surface area contributed by atoms with E-state index < -0.39 is 0 Å². The SMILES string of the molecule is CCCCCCCn1nc(CCCCC)n(Cc2ccc(-c3ccccc3-c3nn[nH]n3)cc2)c1=O. The molecular weight excluding hydrogens is 450 g/mol. The van der Waals surface area contributed by atoms with Gasteiger partial charge in [0.2, 0.25) is 5.82 Å². The number of aromatic amines is 1. The minimum atomic E-state index is 0.00326. The van der Waals surface area contributed by atoms with E-state index in [-0.39, 0.29) is 5.69 Å². The summed E-state index contributed by atoms with van der Waals surface area (Å²) in [4.78, 5) is 13.3. The van der Waals surface area contributed by atoms with Crippen LogP contribution in [0.15, 0.2) is 53.3 Å². The third-order valence-electron chi connectivity index (χ3n) is 6.60. The first-order valence-electron chi connectivity index (χ1n) is 13.3. The Hall–Kier alpha value is -3.55. The largest absolute Gasteiger partial charge is 0.346 e. The van der Waals surface area contributed by atoms with Crippen LogP contribution in [0.5, 0.6) is 0 Å². The number of nitrogens with one attached hydrogen (secondary N) is 1. The Kier molecular flexibility index (Phi) is 9.19. The quantitative estimate of drug-likeness (QED) is 0.232. The van der Waals surface area contributed by atoms with Crippen LogP contribution in [-0.4, -0.2) is 35.0 Å². The monoisotopic (exact) mass is 487 g/mol. The van der Waals surface area contributed by atoms with Crippen molar-refractivity contribution < 1.29 is 0 Å². The first-order valence-corrected chi connectivity index (χ1v) is 13.3. The van der Waals surface area contributed by atoms with Crippen LogP contribution in [0.25, 0.3) is 22.5 Å². The predicted molar refractivity (Wildman–Crippen MR) is 143 cm³/mol. The van der Waals surface area contributed by atoms with E-state index in [1.807, 2.05) is 22.8 Å². The Labute approximate surface area is 212 Å². The van der Waals surface area contributed by atoms with E-state index >= 15 is 0 Å². The Morgan fingerprint density at radius 1 is 0.833 bits per heavy atom. The predicted octanol–water partition coefficient (Wildman–Crippen LogP) is 5.64. The second kappa shape index (κ2) is 13.0. The number of tetrazole rings is 1. The van der Waals surface area contributed by atoms with Crippen LogP contribution in [-0.2, 0) is 19.5 Å². The van der Waals surface area contributed by atoms with Crippen molar-refractivity contribution in [1.29, 1.82) is 0 Å². The number of rotatable bonds is 14. The highest BCUT2D eigenvalue weighted by atomic mass is 16.2. The lowest BCUT2D eigenvalue weighted by Gasteiger charge is -2.09. The third kappa shape index (κ3) is 6.36. The Balaban J connectivity index is 1.52. The van der Waals surface area contributed by atoms with E-state index in [1.54, 1.807) is 4.68 Å². The van der Waals surface area contributed by atoms with Gasteiger partial charge < -0.3 is 0 Å². The summed E-state index contributed by atoms with van der Waals surface area (Å²) < 4.78 is 3.55. The molecule has 0 aliphatic rings. The van der Waals surface area contributed by atoms with Gasteiger partial charge in [0.1, 0.15) is 5.82 Å². The van der Waals surface area contributed by atoms with Gasteiger partial charge in [0.25, 0.3) is 0 Å². The van der Waals surface area contributed by atoms with E-state index in [4.69, 9.17) is 5.10 Å². The number of unbranched alkanes of at least 4 members (excludes halogenated alkanes) is 6. The van der Waals surface area contributed by atoms with Gasteiger partial charge in [-0.3, -0.25) is 4.57 Å². The lowest BCUT2D eigenvalue weighted by atomic mass is 9.98. The second-order valence-electron chi connectivity index (χ2n) is 9.36. The average Bonchev–Trinajstić information content (AvgIpc) is 3.54. The fraction of sp³-hybridized carbons (Fsp3) is 0.464. The van der Waals surface area contributed by atoms with Crippen LogP contribution in [0.3, 0.4) is 0 Å². The summed E-state index contributed by atoms with van der Waals surface area (Å²) >= 11 is 0. The molecule has 0 saturated heterocycles. The molecule has 0 saturated carbocycles. The molecule has 190 valence electrons. The maximum absolute atomic E-state index is 13.3. The standard InChI is InChI=1S/C28H37N7O/c1-3-5-7-8-12-20-35-28(36)34(26(31-35)15-9-6-4-2)21-22-16-18-23(19-17-22)24-13-10-11-14-25(24)27-29-32-33-30-27/h10-11,13-14,16-19H,3-9,12,15,20-21H2,1-2H3,(H,29,30,32,33). The molecular formula is C28H37N7O. The molecule has 4 aromatic rings. The normalized spacial score (nSPS) is 11.3. The van der Waals surface area contributed by atoms with Gasteiger partial charge in [-0.2, -0.15) is 10.3 Å². The van der Waals surface area contributed by atoms with E-state index in [2.05, 4.69) is 64.8 Å². The molecule has 0 radical (unpaired) electrons. The average molecular weight is 488 g/mol. The van der Waals surface area contributed by atoms with Crippen LogP contribution in [0.2, 0.25) is 0 Å². The summed E-state index contributed by atoms with van der Waals surface area (Å²) in [5, 5.41) is 19.2. The number of benzene rings is 2. The number of hydrogen-bond acceptors (Lipinski definition) is 5. The second-order valence-corrected chi connectivity index (χ2v) is 9.36. The first-order chi connectivity index (χ1) is 17.7. The van der Waals surface area contributed by atoms with Crippen LogP contribution >= 0.6 is 0 Å². The summed E-state index contributed by atoms with van der Waals surface area (Å²) in [5.41, 5.74) is 4.12. The number of aryl methyl sites for hydroxylation is 2. The van der Waals surface area contributed by atoms with Crippen molar-refractivity contribution >= 4 is 0 Å². The van der Waals surface area contributed by atoms with Crippen molar-refractivity contribution in [2.45, 2.75) is 84.7 Å². The lowest BCUT2D eigenvalue weighted by Crippen LogP contribution is -2.26. The van der Waals surface area contributed by atoms with Crippen molar-refractivity contribution in [3.8, 4) is 22.5 Å². The van der Waals surface area contributed by atoms with Crippen LogP contribution in [0.1, 0.15) is 76.6 Å². The molecule has 8 nitrogen and oxygen atoms in total. The van der Waals surface area contributed by atoms with Gasteiger partial charge in [-0.1, -0.05) is 101 Å². The van der Waals surface area contributed by atoms with Gasteiger partial charge in [-0.15, -0.1) is 10.2 Å². The van der Waals surface area contributed by atoms with Gasteiger partial charge in [0.15, 0.2) is 0 Å². The molecule has 2 heterocycles. The minimum Gasteiger partial charge on any atom is -0.274 e. The number of hydrogen-bond donors (Lipinski definition) is 1. The van der Waals surface area contributed by atoms with E-state index in [1.165, 1.54) is 19.3 Å². The molecule has 1 N–H and O–H groups in total. The van der Waals surface area contributed by atoms with Crippen molar-refractivity contribution in [3.05, 3.63) is 70.4 Å². The van der Waals surface area contributed by atoms with Crippen LogP contribution in [0, 0.1) is 0 Å². The Bertz CT molecular complexity index is 1260. The summed E-state index contributed by atoms with van der Waals surface area (Å²) in [5.74, 6) is 1.47. The topological polar surface area (TPSA) is 94.3 Å². The number of nitrogens with zero attached hydrogens (tertiary/aromatic N) is 6. The lowest BCUT2D eigenvalue weighted by molar-refractivity contribution is 0.514.